The molecule has 0 radical (unpaired) electrons. The predicted molar refractivity (Wildman–Crippen MR) is 98.5 cm³/mol. The highest BCUT2D eigenvalue weighted by Crippen LogP contribution is 2.27. The van der Waals surface area contributed by atoms with Gasteiger partial charge in [0.05, 0.1) is 29.1 Å². The maximum atomic E-state index is 12.8. The van der Waals surface area contributed by atoms with Gasteiger partial charge < -0.3 is 9.84 Å². The molecule has 1 amide bonds. The first-order chi connectivity index (χ1) is 12.4. The third-order valence-corrected chi connectivity index (χ3v) is 5.65. The maximum Gasteiger partial charge on any atom is 0.425 e. The van der Waals surface area contributed by atoms with Crippen LogP contribution in [0.15, 0.2) is 14.7 Å². The zero-order valence-corrected chi connectivity index (χ0v) is 15.3. The van der Waals surface area contributed by atoms with E-state index in [4.69, 9.17) is 9.84 Å². The number of nitrogens with one attached hydrogen (secondary N) is 1. The molecule has 2 N–H and O–H groups in total. The minimum atomic E-state index is -1.27. The van der Waals surface area contributed by atoms with Crippen LogP contribution in [0.4, 0.5) is 4.79 Å². The van der Waals surface area contributed by atoms with Crippen LogP contribution in [0.2, 0.25) is 0 Å². The van der Waals surface area contributed by atoms with E-state index >= 15 is 0 Å². The number of aromatic nitrogens is 2. The van der Waals surface area contributed by atoms with Gasteiger partial charge in [-0.25, -0.2) is 15.0 Å². The third kappa shape index (κ3) is 3.29. The Kier molecular flexibility index (Phi) is 5.23. The first-order valence-electron chi connectivity index (χ1n) is 8.34. The summed E-state index contributed by atoms with van der Waals surface area (Å²) in [4.78, 5) is 37.3. The molecule has 2 aromatic rings. The lowest BCUT2D eigenvalue weighted by atomic mass is 10.2. The van der Waals surface area contributed by atoms with Gasteiger partial charge in [-0.2, -0.15) is 5.10 Å². The monoisotopic (exact) mass is 380 g/mol. The van der Waals surface area contributed by atoms with Crippen molar-refractivity contribution in [2.24, 2.45) is 5.10 Å². The summed E-state index contributed by atoms with van der Waals surface area (Å²) in [6, 6.07) is 0. The fourth-order valence-electron chi connectivity index (χ4n) is 3.11. The second-order valence-electron chi connectivity index (χ2n) is 6.02. The van der Waals surface area contributed by atoms with E-state index in [9.17, 15) is 14.4 Å². The van der Waals surface area contributed by atoms with Crippen molar-refractivity contribution in [3.63, 3.8) is 0 Å². The lowest BCUT2D eigenvalue weighted by molar-refractivity contribution is 0.0966. The summed E-state index contributed by atoms with van der Waals surface area (Å²) < 4.78 is 8.46. The third-order valence-electron chi connectivity index (χ3n) is 4.40. The average molecular weight is 380 g/mol. The van der Waals surface area contributed by atoms with E-state index in [2.05, 4.69) is 5.10 Å². The Morgan fingerprint density at radius 3 is 2.85 bits per heavy atom. The van der Waals surface area contributed by atoms with Gasteiger partial charge in [0.1, 0.15) is 4.83 Å². The summed E-state index contributed by atoms with van der Waals surface area (Å²) >= 11 is 1.24. The van der Waals surface area contributed by atoms with Crippen LogP contribution in [-0.2, 0) is 17.8 Å². The van der Waals surface area contributed by atoms with Gasteiger partial charge in [-0.3, -0.25) is 13.9 Å². The van der Waals surface area contributed by atoms with Crippen LogP contribution in [0.25, 0.3) is 10.2 Å². The quantitative estimate of drug-likeness (QED) is 0.600. The number of aryl methyl sites for hydroxylation is 1. The van der Waals surface area contributed by atoms with E-state index in [0.29, 0.717) is 33.8 Å². The number of ether oxygens (including phenoxy) is 1. The molecule has 1 atom stereocenters. The van der Waals surface area contributed by atoms with E-state index in [-0.39, 0.29) is 23.9 Å². The second kappa shape index (κ2) is 7.42. The topological polar surface area (TPSA) is 115 Å². The number of nitrogens with zero attached hydrogens (tertiary/aromatic N) is 3. The highest BCUT2D eigenvalue weighted by Gasteiger charge is 2.23. The minimum absolute atomic E-state index is 0.0492. The van der Waals surface area contributed by atoms with E-state index in [1.165, 1.54) is 22.1 Å². The second-order valence-corrected chi connectivity index (χ2v) is 7.05. The van der Waals surface area contributed by atoms with E-state index < -0.39 is 6.09 Å². The van der Waals surface area contributed by atoms with Gasteiger partial charge >= 0.3 is 11.8 Å². The highest BCUT2D eigenvalue weighted by molar-refractivity contribution is 7.20. The standard InChI is InChI=1S/C16H20N4O5S/c1-3-19-13(21)12-9(2)11(7-17-18-15(22)23)26-14(12)20(16(19)24)8-10-5-4-6-25-10/h7,10,18H,3-6,8H2,1-2H3,(H,22,23)/b17-7+. The normalized spacial score (nSPS) is 17.4. The van der Waals surface area contributed by atoms with Gasteiger partial charge in [0.15, 0.2) is 0 Å². The molecule has 3 heterocycles. The van der Waals surface area contributed by atoms with E-state index in [1.807, 2.05) is 5.43 Å². The molecule has 3 rings (SSSR count). The van der Waals surface area contributed by atoms with Gasteiger partial charge in [-0.05, 0) is 32.3 Å². The molecular formula is C16H20N4O5S. The molecule has 2 aromatic heterocycles. The Labute approximate surface area is 152 Å². The van der Waals surface area contributed by atoms with Crippen LogP contribution in [0.5, 0.6) is 0 Å². The smallest absolute Gasteiger partial charge is 0.425 e. The Hall–Kier alpha value is -2.46. The van der Waals surface area contributed by atoms with E-state index in [1.54, 1.807) is 18.4 Å². The molecule has 0 aromatic carbocycles. The van der Waals surface area contributed by atoms with Gasteiger partial charge in [0.25, 0.3) is 5.56 Å². The fraction of sp³-hybridized carbons (Fsp3) is 0.500. The summed E-state index contributed by atoms with van der Waals surface area (Å²) in [5.74, 6) is 0. The zero-order valence-electron chi connectivity index (χ0n) is 14.5. The molecule has 0 aliphatic carbocycles. The SMILES string of the molecule is CCn1c(=O)c2c(C)c(/C=N/NC(=O)O)sc2n(CC2CCCO2)c1=O. The van der Waals surface area contributed by atoms with Crippen LogP contribution < -0.4 is 16.7 Å². The van der Waals surface area contributed by atoms with Crippen molar-refractivity contribution in [3.8, 4) is 0 Å². The Bertz CT molecular complexity index is 981. The summed E-state index contributed by atoms with van der Waals surface area (Å²) in [5.41, 5.74) is 1.89. The number of carboxylic acid groups (broad SMARTS) is 1. The first-order valence-corrected chi connectivity index (χ1v) is 9.16. The molecule has 10 heteroatoms. The van der Waals surface area contributed by atoms with Crippen molar-refractivity contribution in [2.45, 2.75) is 45.9 Å². The Balaban J connectivity index is 2.17. The minimum Gasteiger partial charge on any atom is -0.464 e. The fourth-order valence-corrected chi connectivity index (χ4v) is 4.29. The van der Waals surface area contributed by atoms with Crippen LogP contribution in [0, 0.1) is 6.92 Å². The van der Waals surface area contributed by atoms with Crippen molar-refractivity contribution in [1.29, 1.82) is 0 Å². The zero-order chi connectivity index (χ0) is 18.8. The van der Waals surface area contributed by atoms with Gasteiger partial charge in [0.2, 0.25) is 0 Å². The molecule has 0 spiro atoms. The lowest BCUT2D eigenvalue weighted by Crippen LogP contribution is -2.40. The van der Waals surface area contributed by atoms with Crippen LogP contribution in [0.1, 0.15) is 30.2 Å². The maximum absolute atomic E-state index is 12.8. The predicted octanol–water partition coefficient (Wildman–Crippen LogP) is 1.33. The Morgan fingerprint density at radius 1 is 1.46 bits per heavy atom. The molecule has 26 heavy (non-hydrogen) atoms. The van der Waals surface area contributed by atoms with Crippen molar-refractivity contribution >= 4 is 33.9 Å². The number of hydrazone groups is 1. The molecule has 0 saturated carbocycles. The number of hydrogen-bond acceptors (Lipinski definition) is 6. The molecule has 1 aliphatic rings. The van der Waals surface area contributed by atoms with Crippen LogP contribution in [0.3, 0.4) is 0 Å². The molecule has 1 saturated heterocycles. The molecule has 140 valence electrons. The Morgan fingerprint density at radius 2 is 2.23 bits per heavy atom. The van der Waals surface area contributed by atoms with Crippen LogP contribution in [-0.4, -0.2) is 39.3 Å². The van der Waals surface area contributed by atoms with Gasteiger partial charge in [-0.1, -0.05) is 0 Å². The summed E-state index contributed by atoms with van der Waals surface area (Å²) in [7, 11) is 0. The summed E-state index contributed by atoms with van der Waals surface area (Å²) in [6.07, 6.45) is 1.86. The lowest BCUT2D eigenvalue weighted by Gasteiger charge is -2.14. The highest BCUT2D eigenvalue weighted by atomic mass is 32.1. The number of hydrogen-bond donors (Lipinski definition) is 2. The van der Waals surface area contributed by atoms with Crippen molar-refractivity contribution in [3.05, 3.63) is 31.3 Å². The van der Waals surface area contributed by atoms with Crippen molar-refractivity contribution < 1.29 is 14.6 Å². The number of amides is 1. The van der Waals surface area contributed by atoms with Crippen molar-refractivity contribution in [1.82, 2.24) is 14.6 Å². The summed E-state index contributed by atoms with van der Waals surface area (Å²) in [6.45, 7) is 4.87. The molecule has 9 nitrogen and oxygen atoms in total. The van der Waals surface area contributed by atoms with Crippen molar-refractivity contribution in [2.75, 3.05) is 6.61 Å². The molecule has 0 bridgehead atoms. The number of thiophene rings is 1. The van der Waals surface area contributed by atoms with Crippen LogP contribution >= 0.6 is 11.3 Å². The van der Waals surface area contributed by atoms with E-state index in [0.717, 1.165) is 12.8 Å². The number of carbonyl (C=O) groups is 1. The van der Waals surface area contributed by atoms with Gasteiger partial charge in [0, 0.05) is 13.2 Å². The number of rotatable bonds is 5. The average Bonchev–Trinajstić information content (AvgIpc) is 3.20. The largest absolute Gasteiger partial charge is 0.464 e. The molecule has 1 aliphatic heterocycles. The summed E-state index contributed by atoms with van der Waals surface area (Å²) in [5, 5.41) is 12.7. The first kappa shape index (κ1) is 18.3. The number of fused-ring (bicyclic) bond motifs is 1. The van der Waals surface area contributed by atoms with Gasteiger partial charge in [-0.15, -0.1) is 11.3 Å². The molecule has 1 unspecified atom stereocenters. The molecular weight excluding hydrogens is 360 g/mol. The molecule has 1 fully saturated rings.